The standard InChI is InChI=1S/C44H31N3S/c1-27(45-30-12-4-2-5-13-30)42-43-36-25-29(21-23-40(36)48-41(43)26-35-32-16-8-10-18-37(32)46-44(35)42)28-20-22-39-34(24-28)33-17-9-11-19-38(33)47(39)31-14-6-3-7-15-31/h2-12,14-26,30,45-46H,1,13H2. The fraction of sp³-hybridized carbons (Fsp3) is 0.0455. The summed E-state index contributed by atoms with van der Waals surface area (Å²) in [6.07, 6.45) is 9.61. The molecule has 1 aliphatic rings. The Bertz CT molecular complexity index is 2810. The minimum atomic E-state index is 0.211. The van der Waals surface area contributed by atoms with Crippen LogP contribution >= 0.6 is 11.3 Å². The lowest BCUT2D eigenvalue weighted by molar-refractivity contribution is 0.720. The number of fused-ring (bicyclic) bond motifs is 9. The van der Waals surface area contributed by atoms with Crippen molar-refractivity contribution in [3.63, 3.8) is 0 Å². The third-order valence-corrected chi connectivity index (χ3v) is 11.0. The zero-order valence-corrected chi connectivity index (χ0v) is 27.0. The second-order valence-corrected chi connectivity index (χ2v) is 13.8. The first-order chi connectivity index (χ1) is 23.7. The average Bonchev–Trinajstić information content (AvgIpc) is 3.80. The van der Waals surface area contributed by atoms with Crippen molar-refractivity contribution >= 4 is 80.8 Å². The maximum atomic E-state index is 4.66. The Balaban J connectivity index is 1.19. The van der Waals surface area contributed by atoms with Crippen LogP contribution in [0.5, 0.6) is 0 Å². The highest BCUT2D eigenvalue weighted by molar-refractivity contribution is 7.26. The predicted octanol–water partition coefficient (Wildman–Crippen LogP) is 11.9. The third-order valence-electron chi connectivity index (χ3n) is 9.90. The summed E-state index contributed by atoms with van der Waals surface area (Å²) >= 11 is 1.86. The first-order valence-corrected chi connectivity index (χ1v) is 17.3. The van der Waals surface area contributed by atoms with Gasteiger partial charge in [-0.25, -0.2) is 0 Å². The van der Waals surface area contributed by atoms with Crippen molar-refractivity contribution in [2.45, 2.75) is 12.5 Å². The second kappa shape index (κ2) is 10.6. The number of aromatic amines is 1. The molecule has 9 aromatic rings. The molecule has 0 fully saturated rings. The molecule has 6 aromatic carbocycles. The van der Waals surface area contributed by atoms with Crippen LogP contribution in [0, 0.1) is 0 Å². The Hall–Kier alpha value is -5.84. The number of allylic oxidation sites excluding steroid dienone is 2. The van der Waals surface area contributed by atoms with E-state index in [-0.39, 0.29) is 6.04 Å². The van der Waals surface area contributed by atoms with Crippen LogP contribution in [-0.4, -0.2) is 15.6 Å². The summed E-state index contributed by atoms with van der Waals surface area (Å²) < 4.78 is 4.93. The topological polar surface area (TPSA) is 32.8 Å². The Kier molecular flexibility index (Phi) is 6.02. The average molecular weight is 634 g/mol. The Morgan fingerprint density at radius 3 is 2.29 bits per heavy atom. The monoisotopic (exact) mass is 633 g/mol. The van der Waals surface area contributed by atoms with E-state index in [1.165, 1.54) is 69.6 Å². The minimum Gasteiger partial charge on any atom is -0.378 e. The second-order valence-electron chi connectivity index (χ2n) is 12.7. The zero-order valence-electron chi connectivity index (χ0n) is 26.2. The van der Waals surface area contributed by atoms with Crippen molar-refractivity contribution in [2.75, 3.05) is 0 Å². The number of H-pyrrole nitrogens is 1. The number of rotatable bonds is 5. The van der Waals surface area contributed by atoms with Gasteiger partial charge in [0.05, 0.1) is 16.6 Å². The van der Waals surface area contributed by atoms with Gasteiger partial charge in [0, 0.05) is 70.2 Å². The van der Waals surface area contributed by atoms with Crippen LogP contribution in [-0.2, 0) is 0 Å². The molecule has 0 spiro atoms. The molecule has 3 aromatic heterocycles. The molecule has 10 rings (SSSR count). The van der Waals surface area contributed by atoms with Crippen LogP contribution in [0.15, 0.2) is 152 Å². The lowest BCUT2D eigenvalue weighted by Gasteiger charge is -2.20. The van der Waals surface area contributed by atoms with E-state index in [1.807, 2.05) is 11.3 Å². The number of hydrogen-bond donors (Lipinski definition) is 2. The van der Waals surface area contributed by atoms with Gasteiger partial charge in [-0.2, -0.15) is 0 Å². The summed E-state index contributed by atoms with van der Waals surface area (Å²) in [4.78, 5) is 3.78. The van der Waals surface area contributed by atoms with E-state index in [0.717, 1.165) is 28.7 Å². The maximum absolute atomic E-state index is 4.66. The molecule has 3 heterocycles. The van der Waals surface area contributed by atoms with Gasteiger partial charge in [0.25, 0.3) is 0 Å². The van der Waals surface area contributed by atoms with Crippen molar-refractivity contribution in [3.05, 3.63) is 158 Å². The smallest absolute Gasteiger partial charge is 0.0566 e. The van der Waals surface area contributed by atoms with E-state index in [9.17, 15) is 0 Å². The summed E-state index contributed by atoms with van der Waals surface area (Å²) in [7, 11) is 0. The molecule has 2 N–H and O–H groups in total. The van der Waals surface area contributed by atoms with Crippen molar-refractivity contribution in [3.8, 4) is 16.8 Å². The lowest BCUT2D eigenvalue weighted by Crippen LogP contribution is -2.25. The predicted molar refractivity (Wildman–Crippen MR) is 207 cm³/mol. The Morgan fingerprint density at radius 2 is 1.44 bits per heavy atom. The number of nitrogens with one attached hydrogen (secondary N) is 2. The van der Waals surface area contributed by atoms with Crippen LogP contribution < -0.4 is 5.32 Å². The van der Waals surface area contributed by atoms with E-state index in [2.05, 4.69) is 167 Å². The summed E-state index contributed by atoms with van der Waals surface area (Å²) in [6.45, 7) is 4.66. The Labute approximate surface area is 281 Å². The molecular formula is C44H31N3S. The van der Waals surface area contributed by atoms with Gasteiger partial charge >= 0.3 is 0 Å². The van der Waals surface area contributed by atoms with Crippen LogP contribution in [0.1, 0.15) is 12.0 Å². The zero-order chi connectivity index (χ0) is 31.8. The van der Waals surface area contributed by atoms with Gasteiger partial charge < -0.3 is 14.9 Å². The molecule has 0 bridgehead atoms. The first kappa shape index (κ1) is 27.3. The van der Waals surface area contributed by atoms with Gasteiger partial charge in [-0.1, -0.05) is 97.6 Å². The molecule has 228 valence electrons. The van der Waals surface area contributed by atoms with E-state index < -0.39 is 0 Å². The number of para-hydroxylation sites is 3. The number of benzene rings is 6. The molecule has 1 aliphatic carbocycles. The van der Waals surface area contributed by atoms with Gasteiger partial charge in [-0.3, -0.25) is 0 Å². The van der Waals surface area contributed by atoms with Gasteiger partial charge in [0.15, 0.2) is 0 Å². The molecular weight excluding hydrogens is 603 g/mol. The summed E-state index contributed by atoms with van der Waals surface area (Å²) in [5, 5.41) is 11.3. The van der Waals surface area contributed by atoms with E-state index in [1.54, 1.807) is 0 Å². The molecule has 0 amide bonds. The minimum absolute atomic E-state index is 0.211. The van der Waals surface area contributed by atoms with Crippen molar-refractivity contribution < 1.29 is 0 Å². The van der Waals surface area contributed by atoms with Crippen LogP contribution in [0.4, 0.5) is 0 Å². The normalized spacial score (nSPS) is 14.7. The number of aromatic nitrogens is 2. The molecule has 3 nitrogen and oxygen atoms in total. The quantitative estimate of drug-likeness (QED) is 0.194. The molecule has 0 aliphatic heterocycles. The molecule has 1 unspecified atom stereocenters. The molecule has 0 saturated carbocycles. The Morgan fingerprint density at radius 1 is 0.688 bits per heavy atom. The highest BCUT2D eigenvalue weighted by Crippen LogP contribution is 2.45. The van der Waals surface area contributed by atoms with Gasteiger partial charge in [0.2, 0.25) is 0 Å². The molecule has 0 radical (unpaired) electrons. The van der Waals surface area contributed by atoms with Gasteiger partial charge in [-0.15, -0.1) is 11.3 Å². The van der Waals surface area contributed by atoms with Crippen LogP contribution in [0.25, 0.3) is 86.3 Å². The molecule has 4 heteroatoms. The van der Waals surface area contributed by atoms with Crippen molar-refractivity contribution in [2.24, 2.45) is 0 Å². The SMILES string of the molecule is C=C(NC1C=CC=CC1)c1c2[nH]c3ccccc3c2cc2sc3ccc(-c4ccc5c(c4)c4ccccc4n5-c4ccccc4)cc3c12. The summed E-state index contributed by atoms with van der Waals surface area (Å²) in [6, 6.07) is 44.5. The first-order valence-electron chi connectivity index (χ1n) is 16.5. The van der Waals surface area contributed by atoms with Crippen molar-refractivity contribution in [1.29, 1.82) is 0 Å². The maximum Gasteiger partial charge on any atom is 0.0566 e. The van der Waals surface area contributed by atoms with E-state index >= 15 is 0 Å². The van der Waals surface area contributed by atoms with E-state index in [4.69, 9.17) is 0 Å². The van der Waals surface area contributed by atoms with Gasteiger partial charge in [-0.05, 0) is 72.1 Å². The fourth-order valence-corrected chi connectivity index (χ4v) is 8.85. The van der Waals surface area contributed by atoms with Crippen LogP contribution in [0.3, 0.4) is 0 Å². The molecule has 0 saturated heterocycles. The highest BCUT2D eigenvalue weighted by Gasteiger charge is 2.21. The summed E-state index contributed by atoms with van der Waals surface area (Å²) in [5.74, 6) is 0. The largest absolute Gasteiger partial charge is 0.378 e. The summed E-state index contributed by atoms with van der Waals surface area (Å²) in [5.41, 5.74) is 10.4. The molecule has 1 atom stereocenters. The van der Waals surface area contributed by atoms with E-state index in [0.29, 0.717) is 0 Å². The number of hydrogen-bond acceptors (Lipinski definition) is 2. The number of nitrogens with zero attached hydrogens (tertiary/aromatic N) is 1. The molecule has 48 heavy (non-hydrogen) atoms. The van der Waals surface area contributed by atoms with Gasteiger partial charge in [0.1, 0.15) is 0 Å². The number of thiophene rings is 1. The van der Waals surface area contributed by atoms with Crippen LogP contribution in [0.2, 0.25) is 0 Å². The van der Waals surface area contributed by atoms with Crippen molar-refractivity contribution in [1.82, 2.24) is 14.9 Å². The third kappa shape index (κ3) is 4.13. The lowest BCUT2D eigenvalue weighted by atomic mass is 9.96. The highest BCUT2D eigenvalue weighted by atomic mass is 32.1. The fourth-order valence-electron chi connectivity index (χ4n) is 7.72.